The summed E-state index contributed by atoms with van der Waals surface area (Å²) in [5.41, 5.74) is 1.05. The summed E-state index contributed by atoms with van der Waals surface area (Å²) in [6, 6.07) is 5.92. The van der Waals surface area contributed by atoms with Crippen molar-refractivity contribution in [2.75, 3.05) is 45.9 Å². The lowest BCUT2D eigenvalue weighted by atomic mass is 10.3. The van der Waals surface area contributed by atoms with E-state index in [-0.39, 0.29) is 18.5 Å². The number of cyclic esters (lactones) is 1. The average Bonchev–Trinajstić information content (AvgIpc) is 2.82. The first-order chi connectivity index (χ1) is 11.2. The summed E-state index contributed by atoms with van der Waals surface area (Å²) in [4.78, 5) is 33.8. The molecule has 0 aromatic carbocycles. The minimum Gasteiger partial charge on any atom is -0.448 e. The molecule has 7 nitrogen and oxygen atoms in total. The van der Waals surface area contributed by atoms with Crippen molar-refractivity contribution in [3.63, 3.8) is 0 Å². The fraction of sp³-hybridized carbons (Fsp3) is 0.562. The van der Waals surface area contributed by atoms with Crippen LogP contribution in [0, 0.1) is 0 Å². The fourth-order valence-corrected chi connectivity index (χ4v) is 2.93. The minimum atomic E-state index is -0.384. The monoisotopic (exact) mass is 318 g/mol. The minimum absolute atomic E-state index is 0.00327. The van der Waals surface area contributed by atoms with Crippen LogP contribution in [0.3, 0.4) is 0 Å². The highest BCUT2D eigenvalue weighted by molar-refractivity contribution is 5.82. The van der Waals surface area contributed by atoms with E-state index in [1.165, 1.54) is 4.90 Å². The van der Waals surface area contributed by atoms with Gasteiger partial charge in [-0.25, -0.2) is 4.79 Å². The number of aromatic nitrogens is 1. The van der Waals surface area contributed by atoms with Crippen LogP contribution in [-0.4, -0.2) is 77.6 Å². The van der Waals surface area contributed by atoms with Gasteiger partial charge in [-0.1, -0.05) is 6.07 Å². The van der Waals surface area contributed by atoms with E-state index < -0.39 is 0 Å². The van der Waals surface area contributed by atoms with Crippen molar-refractivity contribution < 1.29 is 14.3 Å². The molecule has 2 fully saturated rings. The molecule has 3 rings (SSSR count). The van der Waals surface area contributed by atoms with Gasteiger partial charge in [0.15, 0.2) is 0 Å². The number of pyridine rings is 1. The second-order valence-electron chi connectivity index (χ2n) is 5.87. The normalized spacial score (nSPS) is 19.6. The molecule has 124 valence electrons. The van der Waals surface area contributed by atoms with Crippen molar-refractivity contribution in [2.24, 2.45) is 0 Å². The third-order valence-electron chi connectivity index (χ3n) is 4.22. The molecule has 1 aromatic rings. The van der Waals surface area contributed by atoms with E-state index in [1.54, 1.807) is 6.20 Å². The van der Waals surface area contributed by atoms with Crippen LogP contribution in [0.2, 0.25) is 0 Å². The summed E-state index contributed by atoms with van der Waals surface area (Å²) in [7, 11) is 0. The van der Waals surface area contributed by atoms with Crippen LogP contribution in [0.5, 0.6) is 0 Å². The first-order valence-corrected chi connectivity index (χ1v) is 8.04. The summed E-state index contributed by atoms with van der Waals surface area (Å²) < 4.78 is 4.86. The molecule has 0 unspecified atom stereocenters. The van der Waals surface area contributed by atoms with Gasteiger partial charge in [-0.3, -0.25) is 19.6 Å². The molecule has 1 aromatic heterocycles. The average molecular weight is 318 g/mol. The fourth-order valence-electron chi connectivity index (χ4n) is 2.93. The van der Waals surface area contributed by atoms with E-state index in [9.17, 15) is 9.59 Å². The number of carbonyl (C=O) groups is 2. The van der Waals surface area contributed by atoms with Crippen molar-refractivity contribution in [2.45, 2.75) is 13.0 Å². The number of nitrogens with zero attached hydrogens (tertiary/aromatic N) is 4. The predicted octanol–water partition coefficient (Wildman–Crippen LogP) is 0.568. The Labute approximate surface area is 135 Å². The number of hydrogen-bond acceptors (Lipinski definition) is 5. The molecule has 2 aliphatic heterocycles. The molecule has 2 aliphatic rings. The SMILES string of the molecule is O=C(CN1CCOC1=O)N1CCCN(Cc2ccccn2)CC1. The van der Waals surface area contributed by atoms with E-state index in [1.807, 2.05) is 23.1 Å². The lowest BCUT2D eigenvalue weighted by Crippen LogP contribution is -2.42. The topological polar surface area (TPSA) is 66.0 Å². The summed E-state index contributed by atoms with van der Waals surface area (Å²) in [5, 5.41) is 0. The Hall–Kier alpha value is -2.15. The quantitative estimate of drug-likeness (QED) is 0.812. The summed E-state index contributed by atoms with van der Waals surface area (Å²) in [5.74, 6) is 0.00327. The van der Waals surface area contributed by atoms with E-state index in [0.29, 0.717) is 19.7 Å². The van der Waals surface area contributed by atoms with Crippen LogP contribution >= 0.6 is 0 Å². The maximum absolute atomic E-state index is 12.4. The summed E-state index contributed by atoms with van der Waals surface area (Å²) in [6.45, 7) is 5.02. The number of amides is 2. The van der Waals surface area contributed by atoms with Gasteiger partial charge in [0, 0.05) is 38.9 Å². The first-order valence-electron chi connectivity index (χ1n) is 8.04. The van der Waals surface area contributed by atoms with Crippen molar-refractivity contribution in [1.29, 1.82) is 0 Å². The molecule has 0 bridgehead atoms. The molecule has 3 heterocycles. The Morgan fingerprint density at radius 1 is 1.17 bits per heavy atom. The van der Waals surface area contributed by atoms with Gasteiger partial charge in [0.05, 0.1) is 12.2 Å². The van der Waals surface area contributed by atoms with Crippen LogP contribution in [0.1, 0.15) is 12.1 Å². The van der Waals surface area contributed by atoms with Gasteiger partial charge in [-0.15, -0.1) is 0 Å². The molecule has 0 atom stereocenters. The van der Waals surface area contributed by atoms with Crippen molar-refractivity contribution in [1.82, 2.24) is 19.7 Å². The van der Waals surface area contributed by atoms with Gasteiger partial charge in [0.25, 0.3) is 0 Å². The van der Waals surface area contributed by atoms with Gasteiger partial charge in [-0.05, 0) is 18.6 Å². The Morgan fingerprint density at radius 3 is 2.83 bits per heavy atom. The van der Waals surface area contributed by atoms with Gasteiger partial charge in [0.2, 0.25) is 5.91 Å². The second kappa shape index (κ2) is 7.41. The predicted molar refractivity (Wildman–Crippen MR) is 83.6 cm³/mol. The van der Waals surface area contributed by atoms with Crippen LogP contribution in [0.15, 0.2) is 24.4 Å². The molecule has 2 amide bonds. The van der Waals surface area contributed by atoms with Crippen LogP contribution in [0.4, 0.5) is 4.79 Å². The Morgan fingerprint density at radius 2 is 2.09 bits per heavy atom. The molecule has 0 N–H and O–H groups in total. The second-order valence-corrected chi connectivity index (χ2v) is 5.87. The Balaban J connectivity index is 1.49. The zero-order valence-corrected chi connectivity index (χ0v) is 13.2. The number of hydrogen-bond donors (Lipinski definition) is 0. The molecule has 0 saturated carbocycles. The molecule has 0 aliphatic carbocycles. The molecule has 2 saturated heterocycles. The Kier molecular flexibility index (Phi) is 5.07. The molecule has 0 spiro atoms. The van der Waals surface area contributed by atoms with Gasteiger partial charge in [0.1, 0.15) is 13.2 Å². The number of rotatable bonds is 4. The molecular weight excluding hydrogens is 296 g/mol. The standard InChI is InChI=1S/C16H22N4O3/c21-15(13-20-10-11-23-16(20)22)19-7-3-6-18(8-9-19)12-14-4-1-2-5-17-14/h1-2,4-5H,3,6-13H2. The third kappa shape index (κ3) is 4.19. The molecular formula is C16H22N4O3. The van der Waals surface area contributed by atoms with Crippen LogP contribution in [-0.2, 0) is 16.1 Å². The summed E-state index contributed by atoms with van der Waals surface area (Å²) >= 11 is 0. The van der Waals surface area contributed by atoms with Crippen molar-refractivity contribution in [3.8, 4) is 0 Å². The molecule has 7 heteroatoms. The number of carbonyl (C=O) groups excluding carboxylic acids is 2. The van der Waals surface area contributed by atoms with Crippen molar-refractivity contribution >= 4 is 12.0 Å². The smallest absolute Gasteiger partial charge is 0.410 e. The van der Waals surface area contributed by atoms with E-state index in [4.69, 9.17) is 4.74 Å². The zero-order chi connectivity index (χ0) is 16.1. The van der Waals surface area contributed by atoms with Crippen LogP contribution in [0.25, 0.3) is 0 Å². The molecule has 0 radical (unpaired) electrons. The summed E-state index contributed by atoms with van der Waals surface area (Å²) in [6.07, 6.45) is 2.35. The van der Waals surface area contributed by atoms with Crippen molar-refractivity contribution in [3.05, 3.63) is 30.1 Å². The highest BCUT2D eigenvalue weighted by Crippen LogP contribution is 2.09. The first kappa shape index (κ1) is 15.7. The third-order valence-corrected chi connectivity index (χ3v) is 4.22. The van der Waals surface area contributed by atoms with Gasteiger partial charge in [-0.2, -0.15) is 0 Å². The lowest BCUT2D eigenvalue weighted by Gasteiger charge is -2.23. The molecule has 23 heavy (non-hydrogen) atoms. The highest BCUT2D eigenvalue weighted by atomic mass is 16.6. The van der Waals surface area contributed by atoms with E-state index >= 15 is 0 Å². The van der Waals surface area contributed by atoms with Gasteiger partial charge < -0.3 is 9.64 Å². The maximum Gasteiger partial charge on any atom is 0.410 e. The number of ether oxygens (including phenoxy) is 1. The largest absolute Gasteiger partial charge is 0.448 e. The van der Waals surface area contributed by atoms with E-state index in [0.717, 1.165) is 38.3 Å². The zero-order valence-electron chi connectivity index (χ0n) is 13.2. The lowest BCUT2D eigenvalue weighted by molar-refractivity contribution is -0.131. The Bertz CT molecular complexity index is 552. The highest BCUT2D eigenvalue weighted by Gasteiger charge is 2.27. The maximum atomic E-state index is 12.4. The van der Waals surface area contributed by atoms with Crippen LogP contribution < -0.4 is 0 Å². The van der Waals surface area contributed by atoms with Gasteiger partial charge >= 0.3 is 6.09 Å². The van der Waals surface area contributed by atoms with E-state index in [2.05, 4.69) is 9.88 Å².